The lowest BCUT2D eigenvalue weighted by molar-refractivity contribution is 0.0958. The van der Waals surface area contributed by atoms with Crippen molar-refractivity contribution in [3.8, 4) is 18.1 Å². The molecule has 0 aliphatic heterocycles. The van der Waals surface area contributed by atoms with Crippen molar-refractivity contribution in [1.29, 1.82) is 0 Å². The van der Waals surface area contributed by atoms with Gasteiger partial charge >= 0.3 is 0 Å². The number of terminal acetylenes is 1. The molecule has 84 valence electrons. The largest absolute Gasteiger partial charge is 0.494 e. The summed E-state index contributed by atoms with van der Waals surface area (Å²) in [4.78, 5) is 11.5. The summed E-state index contributed by atoms with van der Waals surface area (Å²) >= 11 is 11.8. The van der Waals surface area contributed by atoms with Gasteiger partial charge in [-0.1, -0.05) is 29.1 Å². The molecule has 1 aromatic rings. The van der Waals surface area contributed by atoms with Crippen molar-refractivity contribution in [2.75, 3.05) is 13.7 Å². The van der Waals surface area contributed by atoms with Crippen molar-refractivity contribution >= 4 is 29.1 Å². The Labute approximate surface area is 104 Å². The molecule has 0 saturated heterocycles. The normalized spacial score (nSPS) is 9.38. The molecule has 1 rings (SSSR count). The fourth-order valence-corrected chi connectivity index (χ4v) is 1.76. The van der Waals surface area contributed by atoms with Crippen LogP contribution in [0.3, 0.4) is 0 Å². The van der Waals surface area contributed by atoms with E-state index in [9.17, 15) is 4.79 Å². The Hall–Kier alpha value is -1.37. The van der Waals surface area contributed by atoms with Crippen molar-refractivity contribution in [1.82, 2.24) is 5.32 Å². The van der Waals surface area contributed by atoms with Crippen LogP contribution < -0.4 is 10.1 Å². The van der Waals surface area contributed by atoms with Crippen LogP contribution in [0.5, 0.6) is 5.75 Å². The summed E-state index contributed by atoms with van der Waals surface area (Å²) in [6.07, 6.45) is 5.02. The number of halogens is 2. The Morgan fingerprint density at radius 3 is 2.50 bits per heavy atom. The third-order valence-electron chi connectivity index (χ3n) is 1.82. The van der Waals surface area contributed by atoms with E-state index in [-0.39, 0.29) is 22.5 Å². The van der Waals surface area contributed by atoms with Gasteiger partial charge in [0.2, 0.25) is 0 Å². The molecular weight excluding hydrogens is 249 g/mol. The van der Waals surface area contributed by atoms with Gasteiger partial charge in [0.05, 0.1) is 23.7 Å². The third-order valence-corrected chi connectivity index (χ3v) is 2.38. The molecule has 0 aliphatic carbocycles. The fraction of sp³-hybridized carbons (Fsp3) is 0.182. The predicted molar refractivity (Wildman–Crippen MR) is 64.2 cm³/mol. The van der Waals surface area contributed by atoms with Gasteiger partial charge in [-0.2, -0.15) is 0 Å². The first kappa shape index (κ1) is 12.7. The average molecular weight is 258 g/mol. The molecule has 1 aromatic carbocycles. The highest BCUT2D eigenvalue weighted by atomic mass is 35.5. The van der Waals surface area contributed by atoms with Crippen LogP contribution in [0.2, 0.25) is 10.0 Å². The molecule has 3 nitrogen and oxygen atoms in total. The number of nitrogens with one attached hydrogen (secondary N) is 1. The fourth-order valence-electron chi connectivity index (χ4n) is 1.12. The van der Waals surface area contributed by atoms with Crippen molar-refractivity contribution in [2.45, 2.75) is 0 Å². The average Bonchev–Trinajstić information content (AvgIpc) is 2.25. The van der Waals surface area contributed by atoms with Gasteiger partial charge in [0.25, 0.3) is 5.91 Å². The number of benzene rings is 1. The lowest BCUT2D eigenvalue weighted by atomic mass is 10.2. The number of amides is 1. The molecule has 0 spiro atoms. The lowest BCUT2D eigenvalue weighted by Crippen LogP contribution is -2.23. The summed E-state index contributed by atoms with van der Waals surface area (Å²) in [6, 6.07) is 2.94. The van der Waals surface area contributed by atoms with E-state index in [2.05, 4.69) is 11.2 Å². The van der Waals surface area contributed by atoms with Crippen molar-refractivity contribution in [2.24, 2.45) is 0 Å². The van der Waals surface area contributed by atoms with E-state index in [1.165, 1.54) is 19.2 Å². The molecule has 1 N–H and O–H groups in total. The van der Waals surface area contributed by atoms with Crippen molar-refractivity contribution in [3.63, 3.8) is 0 Å². The molecule has 0 heterocycles. The second-order valence-electron chi connectivity index (χ2n) is 2.86. The molecule has 0 radical (unpaired) electrons. The maximum absolute atomic E-state index is 11.5. The maximum atomic E-state index is 11.5. The second kappa shape index (κ2) is 5.64. The Balaban J connectivity index is 3.00. The minimum absolute atomic E-state index is 0.153. The molecule has 0 atom stereocenters. The van der Waals surface area contributed by atoms with E-state index in [1.807, 2.05) is 0 Å². The highest BCUT2D eigenvalue weighted by molar-refractivity contribution is 6.37. The first-order chi connectivity index (χ1) is 7.60. The summed E-state index contributed by atoms with van der Waals surface area (Å²) in [5.41, 5.74) is 0.339. The van der Waals surface area contributed by atoms with E-state index in [0.29, 0.717) is 11.3 Å². The van der Waals surface area contributed by atoms with Crippen molar-refractivity contribution < 1.29 is 9.53 Å². The zero-order valence-electron chi connectivity index (χ0n) is 8.51. The highest BCUT2D eigenvalue weighted by Crippen LogP contribution is 2.33. The Morgan fingerprint density at radius 2 is 2.06 bits per heavy atom. The highest BCUT2D eigenvalue weighted by Gasteiger charge is 2.12. The number of hydrogen-bond donors (Lipinski definition) is 1. The second-order valence-corrected chi connectivity index (χ2v) is 3.67. The Bertz CT molecular complexity index is 429. The van der Waals surface area contributed by atoms with Gasteiger partial charge in [0, 0.05) is 5.56 Å². The van der Waals surface area contributed by atoms with E-state index >= 15 is 0 Å². The van der Waals surface area contributed by atoms with E-state index < -0.39 is 0 Å². The van der Waals surface area contributed by atoms with Crippen LogP contribution in [0, 0.1) is 12.3 Å². The molecule has 1 amide bonds. The molecule has 0 fully saturated rings. The Morgan fingerprint density at radius 1 is 1.50 bits per heavy atom. The quantitative estimate of drug-likeness (QED) is 0.845. The lowest BCUT2D eigenvalue weighted by Gasteiger charge is -2.08. The van der Waals surface area contributed by atoms with Crippen LogP contribution in [0.1, 0.15) is 10.4 Å². The van der Waals surface area contributed by atoms with Gasteiger partial charge in [-0.3, -0.25) is 4.79 Å². The zero-order valence-corrected chi connectivity index (χ0v) is 10.0. The molecule has 16 heavy (non-hydrogen) atoms. The first-order valence-corrected chi connectivity index (χ1v) is 5.10. The summed E-state index contributed by atoms with van der Waals surface area (Å²) in [5, 5.41) is 3.06. The molecule has 0 bridgehead atoms. The van der Waals surface area contributed by atoms with Crippen LogP contribution in [-0.2, 0) is 0 Å². The minimum Gasteiger partial charge on any atom is -0.494 e. The number of rotatable bonds is 3. The number of ether oxygens (including phenoxy) is 1. The van der Waals surface area contributed by atoms with Crippen LogP contribution >= 0.6 is 23.2 Å². The number of carbonyl (C=O) groups excluding carboxylic acids is 1. The molecule has 0 aliphatic rings. The molecule has 5 heteroatoms. The maximum Gasteiger partial charge on any atom is 0.252 e. The van der Waals surface area contributed by atoms with Gasteiger partial charge in [-0.05, 0) is 12.1 Å². The summed E-state index contributed by atoms with van der Waals surface area (Å²) in [5.74, 6) is 2.31. The minimum atomic E-state index is -0.329. The molecule has 0 aromatic heterocycles. The van der Waals surface area contributed by atoms with Crippen LogP contribution in [0.4, 0.5) is 0 Å². The van der Waals surface area contributed by atoms with Crippen LogP contribution in [-0.4, -0.2) is 19.6 Å². The molecule has 0 saturated carbocycles. The Kier molecular flexibility index (Phi) is 4.48. The predicted octanol–water partition coefficient (Wildman–Crippen LogP) is 2.37. The number of hydrogen-bond acceptors (Lipinski definition) is 2. The smallest absolute Gasteiger partial charge is 0.252 e. The third kappa shape index (κ3) is 2.82. The van der Waals surface area contributed by atoms with Gasteiger partial charge in [-0.25, -0.2) is 0 Å². The van der Waals surface area contributed by atoms with Crippen LogP contribution in [0.25, 0.3) is 0 Å². The summed E-state index contributed by atoms with van der Waals surface area (Å²) < 4.78 is 4.96. The molecular formula is C11H9Cl2NO2. The van der Waals surface area contributed by atoms with Crippen molar-refractivity contribution in [3.05, 3.63) is 27.7 Å². The monoisotopic (exact) mass is 257 g/mol. The van der Waals surface area contributed by atoms with Gasteiger partial charge in [-0.15, -0.1) is 6.42 Å². The summed E-state index contributed by atoms with van der Waals surface area (Å²) in [6.45, 7) is 0.153. The van der Waals surface area contributed by atoms with E-state index in [4.69, 9.17) is 34.4 Å². The zero-order chi connectivity index (χ0) is 12.1. The van der Waals surface area contributed by atoms with E-state index in [0.717, 1.165) is 0 Å². The van der Waals surface area contributed by atoms with E-state index in [1.54, 1.807) is 0 Å². The van der Waals surface area contributed by atoms with Gasteiger partial charge in [0.15, 0.2) is 5.75 Å². The topological polar surface area (TPSA) is 38.3 Å². The standard InChI is InChI=1S/C11H9Cl2NO2/c1-3-4-14-11(15)7-5-8(12)10(16-2)9(13)6-7/h1,5-6H,4H2,2H3,(H,14,15). The number of methoxy groups -OCH3 is 1. The summed E-state index contributed by atoms with van der Waals surface area (Å²) in [7, 11) is 1.45. The van der Waals surface area contributed by atoms with Gasteiger partial charge in [0.1, 0.15) is 0 Å². The first-order valence-electron chi connectivity index (χ1n) is 4.34. The van der Waals surface area contributed by atoms with Gasteiger partial charge < -0.3 is 10.1 Å². The SMILES string of the molecule is C#CCNC(=O)c1cc(Cl)c(OC)c(Cl)c1. The molecule has 0 unspecified atom stereocenters. The van der Waals surface area contributed by atoms with Crippen LogP contribution in [0.15, 0.2) is 12.1 Å². The number of carbonyl (C=O) groups is 1.